The van der Waals surface area contributed by atoms with Gasteiger partial charge in [-0.25, -0.2) is 9.37 Å². The van der Waals surface area contributed by atoms with Gasteiger partial charge in [-0.15, -0.1) is 0 Å². The summed E-state index contributed by atoms with van der Waals surface area (Å²) in [7, 11) is 0. The third-order valence-corrected chi connectivity index (χ3v) is 5.81. The first-order valence-corrected chi connectivity index (χ1v) is 9.72. The molecular formula is C21H26FN3O. The molecule has 1 amide bonds. The minimum Gasteiger partial charge on any atom is -0.342 e. The predicted molar refractivity (Wildman–Crippen MR) is 98.2 cm³/mol. The highest BCUT2D eigenvalue weighted by molar-refractivity contribution is 5.79. The molecule has 0 spiro atoms. The Kier molecular flexibility index (Phi) is 5.05. The van der Waals surface area contributed by atoms with E-state index in [4.69, 9.17) is 0 Å². The van der Waals surface area contributed by atoms with Crippen LogP contribution in [-0.2, 0) is 17.8 Å². The van der Waals surface area contributed by atoms with Crippen LogP contribution >= 0.6 is 0 Å². The van der Waals surface area contributed by atoms with E-state index in [1.165, 1.54) is 31.4 Å². The number of halogens is 1. The number of amides is 1. The van der Waals surface area contributed by atoms with E-state index in [1.54, 1.807) is 6.07 Å². The molecule has 1 aliphatic heterocycles. The fourth-order valence-electron chi connectivity index (χ4n) is 4.14. The number of likely N-dealkylation sites (tertiary alicyclic amines) is 1. The SMILES string of the molecule is O=C(Cc1cccc(F)c1)N1CCC[C@H](c2nccn2CC2CCC2)C1. The fraction of sp³-hybridized carbons (Fsp3) is 0.524. The lowest BCUT2D eigenvalue weighted by molar-refractivity contribution is -0.131. The summed E-state index contributed by atoms with van der Waals surface area (Å²) in [6.45, 7) is 2.56. The van der Waals surface area contributed by atoms with Crippen LogP contribution in [0.15, 0.2) is 36.7 Å². The average molecular weight is 355 g/mol. The smallest absolute Gasteiger partial charge is 0.227 e. The van der Waals surface area contributed by atoms with Crippen molar-refractivity contribution in [2.24, 2.45) is 5.92 Å². The molecule has 4 rings (SSSR count). The molecule has 2 fully saturated rings. The van der Waals surface area contributed by atoms with E-state index < -0.39 is 0 Å². The zero-order valence-electron chi connectivity index (χ0n) is 15.1. The van der Waals surface area contributed by atoms with Gasteiger partial charge in [-0.05, 0) is 49.3 Å². The monoisotopic (exact) mass is 355 g/mol. The maximum atomic E-state index is 13.4. The third kappa shape index (κ3) is 3.81. The number of hydrogen-bond acceptors (Lipinski definition) is 2. The minimum atomic E-state index is -0.287. The van der Waals surface area contributed by atoms with E-state index >= 15 is 0 Å². The summed E-state index contributed by atoms with van der Waals surface area (Å²) >= 11 is 0. The van der Waals surface area contributed by atoms with E-state index in [0.29, 0.717) is 5.92 Å². The molecule has 1 aromatic carbocycles. The van der Waals surface area contributed by atoms with Gasteiger partial charge >= 0.3 is 0 Å². The molecule has 138 valence electrons. The molecule has 0 unspecified atom stereocenters. The first-order chi connectivity index (χ1) is 12.7. The Bertz CT molecular complexity index is 768. The number of benzene rings is 1. The summed E-state index contributed by atoms with van der Waals surface area (Å²) in [5.74, 6) is 2.01. The van der Waals surface area contributed by atoms with Gasteiger partial charge in [-0.1, -0.05) is 18.6 Å². The van der Waals surface area contributed by atoms with Gasteiger partial charge in [0.25, 0.3) is 0 Å². The van der Waals surface area contributed by atoms with Gasteiger partial charge in [0.05, 0.1) is 6.42 Å². The summed E-state index contributed by atoms with van der Waals surface area (Å²) in [4.78, 5) is 19.2. The van der Waals surface area contributed by atoms with Crippen LogP contribution in [0.5, 0.6) is 0 Å². The largest absolute Gasteiger partial charge is 0.342 e. The van der Waals surface area contributed by atoms with Crippen molar-refractivity contribution in [2.75, 3.05) is 13.1 Å². The number of rotatable bonds is 5. The fourth-order valence-corrected chi connectivity index (χ4v) is 4.14. The average Bonchev–Trinajstić information content (AvgIpc) is 3.07. The van der Waals surface area contributed by atoms with E-state index in [2.05, 4.69) is 15.7 Å². The minimum absolute atomic E-state index is 0.0809. The highest BCUT2D eigenvalue weighted by Gasteiger charge is 2.28. The van der Waals surface area contributed by atoms with E-state index in [1.807, 2.05) is 17.2 Å². The first-order valence-electron chi connectivity index (χ1n) is 9.72. The standard InChI is InChI=1S/C21H26FN3O/c22-19-8-2-6-17(12-19)13-20(26)24-10-3-7-18(15-24)21-23-9-11-25(21)14-16-4-1-5-16/h2,6,8-9,11-12,16,18H,1,3-5,7,10,13-15H2/t18-/m0/s1. The lowest BCUT2D eigenvalue weighted by Crippen LogP contribution is -2.40. The molecule has 1 aromatic heterocycles. The molecule has 2 aromatic rings. The van der Waals surface area contributed by atoms with Crippen molar-refractivity contribution in [3.05, 3.63) is 53.9 Å². The van der Waals surface area contributed by atoms with E-state index in [9.17, 15) is 9.18 Å². The highest BCUT2D eigenvalue weighted by Crippen LogP contribution is 2.31. The molecule has 0 radical (unpaired) electrons. The first kappa shape index (κ1) is 17.3. The topological polar surface area (TPSA) is 38.1 Å². The Morgan fingerprint density at radius 2 is 2.12 bits per heavy atom. The van der Waals surface area contributed by atoms with Gasteiger partial charge in [-0.2, -0.15) is 0 Å². The van der Waals surface area contributed by atoms with Crippen LogP contribution in [0.2, 0.25) is 0 Å². The maximum Gasteiger partial charge on any atom is 0.227 e. The van der Waals surface area contributed by atoms with Crippen LogP contribution in [-0.4, -0.2) is 33.4 Å². The number of hydrogen-bond donors (Lipinski definition) is 0. The van der Waals surface area contributed by atoms with Crippen LogP contribution in [0.1, 0.15) is 49.4 Å². The van der Waals surface area contributed by atoms with Crippen molar-refractivity contribution in [2.45, 2.75) is 51.0 Å². The summed E-state index contributed by atoms with van der Waals surface area (Å²) in [6, 6.07) is 6.33. The zero-order chi connectivity index (χ0) is 17.9. The molecular weight excluding hydrogens is 329 g/mol. The summed E-state index contributed by atoms with van der Waals surface area (Å²) in [5.41, 5.74) is 0.739. The quantitative estimate of drug-likeness (QED) is 0.819. The maximum absolute atomic E-state index is 13.4. The Hall–Kier alpha value is -2.17. The van der Waals surface area contributed by atoms with Crippen LogP contribution in [0.3, 0.4) is 0 Å². The predicted octanol–water partition coefficient (Wildman–Crippen LogP) is 3.77. The second-order valence-electron chi connectivity index (χ2n) is 7.72. The molecule has 0 N–H and O–H groups in total. The Morgan fingerprint density at radius 1 is 1.23 bits per heavy atom. The number of carbonyl (C=O) groups excluding carboxylic acids is 1. The Balaban J connectivity index is 1.41. The molecule has 1 atom stereocenters. The zero-order valence-corrected chi connectivity index (χ0v) is 15.1. The molecule has 4 nitrogen and oxygen atoms in total. The summed E-state index contributed by atoms with van der Waals surface area (Å²) < 4.78 is 15.7. The van der Waals surface area contributed by atoms with Crippen molar-refractivity contribution in [1.29, 1.82) is 0 Å². The molecule has 1 saturated carbocycles. The third-order valence-electron chi connectivity index (χ3n) is 5.81. The normalized spacial score (nSPS) is 20.8. The van der Waals surface area contributed by atoms with E-state index in [0.717, 1.165) is 49.8 Å². The van der Waals surface area contributed by atoms with Crippen molar-refractivity contribution < 1.29 is 9.18 Å². The lowest BCUT2D eigenvalue weighted by Gasteiger charge is -2.34. The molecule has 1 saturated heterocycles. The molecule has 1 aliphatic carbocycles. The molecule has 0 bridgehead atoms. The summed E-state index contributed by atoms with van der Waals surface area (Å²) in [6.07, 6.45) is 10.3. The Morgan fingerprint density at radius 3 is 2.88 bits per heavy atom. The van der Waals surface area contributed by atoms with Gasteiger partial charge in [-0.3, -0.25) is 4.79 Å². The summed E-state index contributed by atoms with van der Waals surface area (Å²) in [5, 5.41) is 0. The molecule has 2 aliphatic rings. The Labute approximate surface area is 154 Å². The number of nitrogens with zero attached hydrogens (tertiary/aromatic N) is 3. The van der Waals surface area contributed by atoms with Crippen molar-refractivity contribution in [3.63, 3.8) is 0 Å². The molecule has 26 heavy (non-hydrogen) atoms. The number of carbonyl (C=O) groups is 1. The van der Waals surface area contributed by atoms with Crippen molar-refractivity contribution in [3.8, 4) is 0 Å². The molecule has 2 heterocycles. The van der Waals surface area contributed by atoms with Gasteiger partial charge < -0.3 is 9.47 Å². The van der Waals surface area contributed by atoms with Crippen LogP contribution in [0.4, 0.5) is 4.39 Å². The number of aromatic nitrogens is 2. The second-order valence-corrected chi connectivity index (χ2v) is 7.72. The van der Waals surface area contributed by atoms with Crippen LogP contribution in [0.25, 0.3) is 0 Å². The second kappa shape index (κ2) is 7.60. The van der Waals surface area contributed by atoms with Crippen LogP contribution < -0.4 is 0 Å². The van der Waals surface area contributed by atoms with Gasteiger partial charge in [0.1, 0.15) is 11.6 Å². The van der Waals surface area contributed by atoms with Gasteiger partial charge in [0.2, 0.25) is 5.91 Å². The lowest BCUT2D eigenvalue weighted by atomic mass is 9.85. The number of piperidine rings is 1. The molecule has 5 heteroatoms. The van der Waals surface area contributed by atoms with E-state index in [-0.39, 0.29) is 18.1 Å². The van der Waals surface area contributed by atoms with Crippen molar-refractivity contribution >= 4 is 5.91 Å². The van der Waals surface area contributed by atoms with Crippen molar-refractivity contribution in [1.82, 2.24) is 14.5 Å². The van der Waals surface area contributed by atoms with Gasteiger partial charge in [0, 0.05) is 37.9 Å². The van der Waals surface area contributed by atoms with Gasteiger partial charge in [0.15, 0.2) is 0 Å². The highest BCUT2D eigenvalue weighted by atomic mass is 19.1. The van der Waals surface area contributed by atoms with Crippen LogP contribution in [0, 0.1) is 11.7 Å². The number of imidazole rings is 1.